The van der Waals surface area contributed by atoms with Gasteiger partial charge in [-0.2, -0.15) is 0 Å². The molecule has 10 nitrogen and oxygen atoms in total. The molecular formula is C49H86O10. The number of unbranched alkanes of at least 4 members (excludes halogenated alkanes) is 20. The summed E-state index contributed by atoms with van der Waals surface area (Å²) in [5.74, 6) is -0.836. The highest BCUT2D eigenvalue weighted by Crippen LogP contribution is 2.22. The molecule has 6 atom stereocenters. The summed E-state index contributed by atoms with van der Waals surface area (Å²) in [5.41, 5.74) is 0. The van der Waals surface area contributed by atoms with Gasteiger partial charge >= 0.3 is 11.9 Å². The fourth-order valence-corrected chi connectivity index (χ4v) is 6.89. The summed E-state index contributed by atoms with van der Waals surface area (Å²) >= 11 is 0. The number of hydrogen-bond donors (Lipinski definition) is 4. The van der Waals surface area contributed by atoms with E-state index in [0.29, 0.717) is 6.42 Å². The van der Waals surface area contributed by atoms with E-state index in [2.05, 4.69) is 62.5 Å². The highest BCUT2D eigenvalue weighted by molar-refractivity contribution is 5.70. The number of aliphatic hydroxyl groups is 4. The van der Waals surface area contributed by atoms with Crippen molar-refractivity contribution in [2.75, 3.05) is 19.8 Å². The third-order valence-electron chi connectivity index (χ3n) is 10.7. The van der Waals surface area contributed by atoms with Crippen LogP contribution in [0.5, 0.6) is 0 Å². The van der Waals surface area contributed by atoms with Crippen LogP contribution < -0.4 is 0 Å². The number of carbonyl (C=O) groups is 2. The van der Waals surface area contributed by atoms with E-state index in [1.807, 2.05) is 0 Å². The molecule has 2 unspecified atom stereocenters. The number of hydrogen-bond acceptors (Lipinski definition) is 10. The largest absolute Gasteiger partial charge is 0.462 e. The number of carbonyl (C=O) groups excluding carboxylic acids is 2. The van der Waals surface area contributed by atoms with Gasteiger partial charge in [0.2, 0.25) is 0 Å². The number of rotatable bonds is 39. The summed E-state index contributed by atoms with van der Waals surface area (Å²) in [6.07, 6.45) is 39.7. The molecule has 59 heavy (non-hydrogen) atoms. The van der Waals surface area contributed by atoms with E-state index in [9.17, 15) is 30.0 Å². The van der Waals surface area contributed by atoms with Crippen LogP contribution in [-0.4, -0.2) is 89.0 Å². The molecule has 4 N–H and O–H groups in total. The monoisotopic (exact) mass is 835 g/mol. The standard InChI is InChI=1S/C49H86O10/c1-3-5-7-9-11-13-15-17-19-21-23-25-27-29-31-33-35-37-44(51)56-40-42(41-57-49-48(55)47(54)46(53)43(39-50)59-49)58-45(52)38-36-34-32-30-28-26-24-22-20-18-16-14-12-10-8-6-4-2/h12,14,17-20,24,26,42-43,46-50,53-55H,3-11,13,15-16,21-23,25,27-41H2,1-2H3/b14-12+,19-17+,20-18+,26-24+/t42-,43-,46+,47?,48?,49-/m0/s1. The van der Waals surface area contributed by atoms with Crippen molar-refractivity contribution in [3.63, 3.8) is 0 Å². The second-order valence-electron chi connectivity index (χ2n) is 16.2. The molecule has 0 bridgehead atoms. The summed E-state index contributed by atoms with van der Waals surface area (Å²) in [4.78, 5) is 25.4. The van der Waals surface area contributed by atoms with Crippen LogP contribution in [0.15, 0.2) is 48.6 Å². The number of allylic oxidation sites excluding steroid dienone is 8. The first-order chi connectivity index (χ1) is 28.8. The predicted molar refractivity (Wildman–Crippen MR) is 238 cm³/mol. The lowest BCUT2D eigenvalue weighted by atomic mass is 9.99. The van der Waals surface area contributed by atoms with Gasteiger partial charge in [0.05, 0.1) is 13.2 Å². The smallest absolute Gasteiger partial charge is 0.306 e. The fourth-order valence-electron chi connectivity index (χ4n) is 6.89. The zero-order valence-electron chi connectivity index (χ0n) is 37.2. The molecule has 1 fully saturated rings. The molecule has 10 heteroatoms. The van der Waals surface area contributed by atoms with Gasteiger partial charge in [0.1, 0.15) is 31.0 Å². The second-order valence-corrected chi connectivity index (χ2v) is 16.2. The highest BCUT2D eigenvalue weighted by atomic mass is 16.7. The van der Waals surface area contributed by atoms with Crippen molar-refractivity contribution >= 4 is 11.9 Å². The first kappa shape index (κ1) is 54.7. The Balaban J connectivity index is 2.33. The van der Waals surface area contributed by atoms with Crippen molar-refractivity contribution < 1.29 is 49.0 Å². The summed E-state index contributed by atoms with van der Waals surface area (Å²) < 4.78 is 22.2. The molecule has 1 aliphatic heterocycles. The molecule has 0 aromatic rings. The Kier molecular flexibility index (Phi) is 36.9. The predicted octanol–water partition coefficient (Wildman–Crippen LogP) is 10.4. The third kappa shape index (κ3) is 31.2. The van der Waals surface area contributed by atoms with Gasteiger partial charge < -0.3 is 39.4 Å². The molecule has 0 amide bonds. The normalized spacial score (nSPS) is 20.4. The van der Waals surface area contributed by atoms with Crippen LogP contribution >= 0.6 is 0 Å². The van der Waals surface area contributed by atoms with Crippen LogP contribution in [0.4, 0.5) is 0 Å². The maximum Gasteiger partial charge on any atom is 0.306 e. The van der Waals surface area contributed by atoms with E-state index >= 15 is 0 Å². The lowest BCUT2D eigenvalue weighted by molar-refractivity contribution is -0.305. The Hall–Kier alpha value is -2.34. The Labute approximate surface area is 358 Å². The number of aliphatic hydroxyl groups excluding tert-OH is 4. The van der Waals surface area contributed by atoms with Crippen LogP contribution in [0.2, 0.25) is 0 Å². The summed E-state index contributed by atoms with van der Waals surface area (Å²) in [7, 11) is 0. The van der Waals surface area contributed by atoms with E-state index in [-0.39, 0.29) is 32.0 Å². The van der Waals surface area contributed by atoms with Crippen LogP contribution in [-0.2, 0) is 28.5 Å². The maximum absolute atomic E-state index is 12.8. The number of ether oxygens (including phenoxy) is 4. The van der Waals surface area contributed by atoms with Gasteiger partial charge in [-0.1, -0.05) is 152 Å². The molecule has 0 saturated carbocycles. The molecule has 1 aliphatic rings. The molecule has 0 aromatic carbocycles. The maximum atomic E-state index is 12.8. The lowest BCUT2D eigenvalue weighted by Crippen LogP contribution is -2.59. The van der Waals surface area contributed by atoms with Crippen molar-refractivity contribution in [3.8, 4) is 0 Å². The van der Waals surface area contributed by atoms with E-state index in [4.69, 9.17) is 18.9 Å². The van der Waals surface area contributed by atoms with E-state index in [1.165, 1.54) is 89.9 Å². The topological polar surface area (TPSA) is 152 Å². The molecule has 1 saturated heterocycles. The Bertz CT molecular complexity index is 1100. The first-order valence-corrected chi connectivity index (χ1v) is 23.7. The van der Waals surface area contributed by atoms with Gasteiger partial charge in [-0.15, -0.1) is 0 Å². The Morgan fingerprint density at radius 3 is 1.47 bits per heavy atom. The minimum atomic E-state index is -1.60. The average molecular weight is 835 g/mol. The van der Waals surface area contributed by atoms with Crippen molar-refractivity contribution in [2.24, 2.45) is 0 Å². The van der Waals surface area contributed by atoms with Crippen molar-refractivity contribution in [1.29, 1.82) is 0 Å². The zero-order chi connectivity index (χ0) is 43.0. The average Bonchev–Trinajstić information content (AvgIpc) is 3.23. The zero-order valence-corrected chi connectivity index (χ0v) is 37.2. The van der Waals surface area contributed by atoms with Crippen LogP contribution in [0, 0.1) is 0 Å². The van der Waals surface area contributed by atoms with Gasteiger partial charge in [0.15, 0.2) is 12.4 Å². The number of esters is 2. The van der Waals surface area contributed by atoms with Crippen molar-refractivity contribution in [2.45, 2.75) is 230 Å². The van der Waals surface area contributed by atoms with Crippen molar-refractivity contribution in [3.05, 3.63) is 48.6 Å². The third-order valence-corrected chi connectivity index (χ3v) is 10.7. The van der Waals surface area contributed by atoms with Gasteiger partial charge in [-0.25, -0.2) is 0 Å². The van der Waals surface area contributed by atoms with Crippen molar-refractivity contribution in [1.82, 2.24) is 0 Å². The molecule has 0 aliphatic carbocycles. The van der Waals surface area contributed by atoms with E-state index in [1.54, 1.807) is 0 Å². The Morgan fingerprint density at radius 1 is 0.525 bits per heavy atom. The molecule has 1 heterocycles. The molecule has 0 aromatic heterocycles. The van der Waals surface area contributed by atoms with Gasteiger partial charge in [0, 0.05) is 12.8 Å². The van der Waals surface area contributed by atoms with Crippen LogP contribution in [0.25, 0.3) is 0 Å². The quantitative estimate of drug-likeness (QED) is 0.0267. The van der Waals surface area contributed by atoms with Crippen LogP contribution in [0.3, 0.4) is 0 Å². The highest BCUT2D eigenvalue weighted by Gasteiger charge is 2.44. The minimum absolute atomic E-state index is 0.203. The molecular weight excluding hydrogens is 749 g/mol. The summed E-state index contributed by atoms with van der Waals surface area (Å²) in [6.45, 7) is 3.37. The van der Waals surface area contributed by atoms with E-state index < -0.39 is 49.4 Å². The molecule has 0 spiro atoms. The minimum Gasteiger partial charge on any atom is -0.462 e. The molecule has 1 rings (SSSR count). The lowest BCUT2D eigenvalue weighted by Gasteiger charge is -2.39. The first-order valence-electron chi connectivity index (χ1n) is 23.7. The second kappa shape index (κ2) is 39.8. The fraction of sp³-hybridized carbons (Fsp3) is 0.796. The van der Waals surface area contributed by atoms with Crippen LogP contribution in [0.1, 0.15) is 194 Å². The SMILES string of the molecule is CCCCC/C=C/C/C=C/C/C=C/CCCCCCC(=O)O[C@@H](COC(=O)CCCCCCCCC/C=C/CCCCCCCC)CO[C@H]1O[C@@H](CO)[C@@H](O)C(O)C1O. The summed E-state index contributed by atoms with van der Waals surface area (Å²) in [5, 5.41) is 40.1. The molecule has 0 radical (unpaired) electrons. The molecule has 342 valence electrons. The Morgan fingerprint density at radius 2 is 0.949 bits per heavy atom. The van der Waals surface area contributed by atoms with E-state index in [0.717, 1.165) is 70.6 Å². The van der Waals surface area contributed by atoms with Gasteiger partial charge in [-0.05, 0) is 77.0 Å². The van der Waals surface area contributed by atoms with Gasteiger partial charge in [-0.3, -0.25) is 9.59 Å². The summed E-state index contributed by atoms with van der Waals surface area (Å²) in [6, 6.07) is 0. The van der Waals surface area contributed by atoms with Gasteiger partial charge in [0.25, 0.3) is 0 Å².